The molecule has 2 heterocycles. The summed E-state index contributed by atoms with van der Waals surface area (Å²) in [7, 11) is -3.91. The summed E-state index contributed by atoms with van der Waals surface area (Å²) in [4.78, 5) is 32.4. The second kappa shape index (κ2) is 13.9. The Morgan fingerprint density at radius 1 is 1.04 bits per heavy atom. The summed E-state index contributed by atoms with van der Waals surface area (Å²) in [6.07, 6.45) is 6.47. The van der Waals surface area contributed by atoms with Gasteiger partial charge in [-0.25, -0.2) is 22.3 Å². The molecule has 1 aromatic heterocycles. The lowest BCUT2D eigenvalue weighted by Gasteiger charge is -2.38. The first kappa shape index (κ1) is 35.8. The van der Waals surface area contributed by atoms with E-state index >= 15 is 4.39 Å². The Balaban J connectivity index is 1.73. The molecule has 1 aromatic carbocycles. The number of sulfonamides is 1. The van der Waals surface area contributed by atoms with Crippen molar-refractivity contribution in [2.75, 3.05) is 18.5 Å². The molecule has 10 nitrogen and oxygen atoms in total. The van der Waals surface area contributed by atoms with E-state index in [-0.39, 0.29) is 24.8 Å². The fraction of sp³-hybridized carbons (Fsp3) is 0.618. The van der Waals surface area contributed by atoms with E-state index in [0.29, 0.717) is 30.1 Å². The molecule has 254 valence electrons. The van der Waals surface area contributed by atoms with E-state index in [1.807, 2.05) is 6.92 Å². The van der Waals surface area contributed by atoms with Gasteiger partial charge in [0.05, 0.1) is 28.6 Å². The zero-order valence-corrected chi connectivity index (χ0v) is 28.9. The minimum atomic E-state index is -3.91. The van der Waals surface area contributed by atoms with Gasteiger partial charge in [-0.1, -0.05) is 25.8 Å². The van der Waals surface area contributed by atoms with Gasteiger partial charge >= 0.3 is 6.09 Å². The van der Waals surface area contributed by atoms with Gasteiger partial charge in [-0.15, -0.1) is 0 Å². The molecule has 2 aromatic rings. The van der Waals surface area contributed by atoms with E-state index in [2.05, 4.69) is 15.0 Å². The molecule has 1 saturated heterocycles. The van der Waals surface area contributed by atoms with Crippen molar-refractivity contribution in [3.05, 3.63) is 59.7 Å². The first-order valence-corrected chi connectivity index (χ1v) is 17.6. The highest BCUT2D eigenvalue weighted by atomic mass is 32.2. The predicted molar refractivity (Wildman–Crippen MR) is 175 cm³/mol. The average Bonchev–Trinajstić information content (AvgIpc) is 3.70. The molecular weight excluding hydrogens is 611 g/mol. The highest BCUT2D eigenvalue weighted by molar-refractivity contribution is 7.90. The molecule has 3 atom stereocenters. The topological polar surface area (TPSA) is 127 Å². The zero-order valence-electron chi connectivity index (χ0n) is 28.1. The maximum atomic E-state index is 15.5. The molecule has 1 saturated carbocycles. The number of carbonyl (C=O) groups excluding carboxylic acids is 2. The van der Waals surface area contributed by atoms with Crippen LogP contribution in [0.15, 0.2) is 42.7 Å². The smallest absolute Gasteiger partial charge is 0.411 e. The number of nitrogens with zero attached hydrogens (tertiary/aromatic N) is 2. The van der Waals surface area contributed by atoms with Crippen molar-refractivity contribution in [2.24, 2.45) is 5.92 Å². The summed E-state index contributed by atoms with van der Waals surface area (Å²) in [5.41, 5.74) is -1.03. The molecule has 46 heavy (non-hydrogen) atoms. The second-order valence-corrected chi connectivity index (χ2v) is 16.8. The Labute approximate surface area is 272 Å². The minimum absolute atomic E-state index is 0.121. The Hall–Kier alpha value is -3.09. The summed E-state index contributed by atoms with van der Waals surface area (Å²) >= 11 is 0. The van der Waals surface area contributed by atoms with Crippen molar-refractivity contribution < 1.29 is 31.9 Å². The van der Waals surface area contributed by atoms with Crippen LogP contribution in [0.25, 0.3) is 0 Å². The maximum Gasteiger partial charge on any atom is 0.411 e. The third-order valence-corrected chi connectivity index (χ3v) is 10.6. The van der Waals surface area contributed by atoms with Crippen LogP contribution in [-0.2, 0) is 29.8 Å². The van der Waals surface area contributed by atoms with Gasteiger partial charge in [-0.2, -0.15) is 0 Å². The third kappa shape index (κ3) is 8.63. The maximum absolute atomic E-state index is 15.5. The van der Waals surface area contributed by atoms with E-state index in [9.17, 15) is 18.0 Å². The minimum Gasteiger partial charge on any atom is -0.444 e. The fourth-order valence-electron chi connectivity index (χ4n) is 5.55. The van der Waals surface area contributed by atoms with Crippen molar-refractivity contribution >= 4 is 27.7 Å². The summed E-state index contributed by atoms with van der Waals surface area (Å²) < 4.78 is 56.3. The number of pyridine rings is 1. The molecule has 2 fully saturated rings. The molecule has 2 N–H and O–H groups in total. The van der Waals surface area contributed by atoms with Crippen LogP contribution in [0.2, 0.25) is 0 Å². The Morgan fingerprint density at radius 3 is 2.30 bits per heavy atom. The van der Waals surface area contributed by atoms with Gasteiger partial charge in [0, 0.05) is 25.4 Å². The van der Waals surface area contributed by atoms with Crippen LogP contribution in [0.5, 0.6) is 0 Å². The lowest BCUT2D eigenvalue weighted by Crippen LogP contribution is -2.52. The normalized spacial score (nSPS) is 20.3. The predicted octanol–water partition coefficient (Wildman–Crippen LogP) is 6.12. The van der Waals surface area contributed by atoms with Crippen LogP contribution in [-0.4, -0.2) is 65.9 Å². The van der Waals surface area contributed by atoms with Crippen LogP contribution >= 0.6 is 0 Å². The van der Waals surface area contributed by atoms with Crippen LogP contribution in [0.4, 0.5) is 14.9 Å². The number of hydrogen-bond donors (Lipinski definition) is 2. The van der Waals surface area contributed by atoms with E-state index in [1.54, 1.807) is 72.1 Å². The Kier molecular flexibility index (Phi) is 10.8. The first-order valence-electron chi connectivity index (χ1n) is 16.1. The summed E-state index contributed by atoms with van der Waals surface area (Å²) in [5, 5.41) is 2.70. The highest BCUT2D eigenvalue weighted by Gasteiger charge is 2.45. The molecule has 0 bridgehead atoms. The van der Waals surface area contributed by atoms with Crippen LogP contribution in [0.1, 0.15) is 98.1 Å². The van der Waals surface area contributed by atoms with Gasteiger partial charge in [0.2, 0.25) is 15.9 Å². The van der Waals surface area contributed by atoms with Crippen LogP contribution in [0, 0.1) is 11.7 Å². The first-order chi connectivity index (χ1) is 21.5. The Morgan fingerprint density at radius 2 is 1.72 bits per heavy atom. The molecule has 1 aliphatic heterocycles. The number of rotatable bonds is 12. The number of likely N-dealkylation sites (tertiary alicyclic amines) is 1. The zero-order chi connectivity index (χ0) is 33.9. The third-order valence-electron chi connectivity index (χ3n) is 8.38. The molecule has 2 amide bonds. The molecule has 4 rings (SSSR count). The van der Waals surface area contributed by atoms with Gasteiger partial charge < -0.3 is 14.8 Å². The lowest BCUT2D eigenvalue weighted by atomic mass is 9.79. The molecule has 12 heteroatoms. The SMILES string of the molecule is CCCO[C@@H]1C[C@H](C(=O)Nc2cc(C(CCC3CC3)(NS(=O)(=O)C(C)(C)C)c3ccncc3)ccc2F)N(C(=O)OC(C)(C)C)C1. The summed E-state index contributed by atoms with van der Waals surface area (Å²) in [5.74, 6) is -0.807. The number of halogens is 1. The van der Waals surface area contributed by atoms with Gasteiger partial charge in [0.15, 0.2) is 0 Å². The van der Waals surface area contributed by atoms with Gasteiger partial charge in [0.25, 0.3) is 0 Å². The van der Waals surface area contributed by atoms with E-state index in [0.717, 1.165) is 25.7 Å². The molecule has 1 unspecified atom stereocenters. The lowest BCUT2D eigenvalue weighted by molar-refractivity contribution is -0.120. The second-order valence-electron chi connectivity index (χ2n) is 14.4. The molecular formula is C34H49FN4O6S. The largest absolute Gasteiger partial charge is 0.444 e. The molecule has 0 radical (unpaired) electrons. The summed E-state index contributed by atoms with van der Waals surface area (Å²) in [6.45, 7) is 12.7. The van der Waals surface area contributed by atoms with Crippen molar-refractivity contribution in [3.63, 3.8) is 0 Å². The quantitative estimate of drug-likeness (QED) is 0.281. The van der Waals surface area contributed by atoms with Crippen molar-refractivity contribution in [2.45, 2.75) is 115 Å². The highest BCUT2D eigenvalue weighted by Crippen LogP contribution is 2.43. The number of carbonyl (C=O) groups is 2. The van der Waals surface area contributed by atoms with Crippen molar-refractivity contribution in [1.29, 1.82) is 0 Å². The average molecular weight is 661 g/mol. The van der Waals surface area contributed by atoms with Crippen molar-refractivity contribution in [3.8, 4) is 0 Å². The monoisotopic (exact) mass is 660 g/mol. The molecule has 1 aliphatic carbocycles. The number of nitrogens with one attached hydrogen (secondary N) is 2. The van der Waals surface area contributed by atoms with Gasteiger partial charge in [-0.05, 0) is 102 Å². The van der Waals surface area contributed by atoms with Crippen LogP contribution in [0.3, 0.4) is 0 Å². The number of ether oxygens (including phenoxy) is 2. The number of anilines is 1. The fourth-order valence-corrected chi connectivity index (χ4v) is 6.65. The van der Waals surface area contributed by atoms with Gasteiger partial charge in [0.1, 0.15) is 17.5 Å². The standard InChI is InChI=1S/C34H49FN4O6S/c1-8-19-44-26-21-29(39(22-26)31(41)45-32(2,3)4)30(40)37-28-20-25(11-12-27(28)35)34(16-13-23-9-10-23,24-14-17-36-18-15-24)38-46(42,43)33(5,6)7/h11-12,14-15,17-18,20,23,26,29,38H,8-10,13,16,19,21-22H2,1-7H3,(H,37,40)/t26-,29-,34?/m1/s1. The number of amides is 2. The Bertz CT molecular complexity index is 1490. The molecule has 0 spiro atoms. The van der Waals surface area contributed by atoms with Crippen molar-refractivity contribution in [1.82, 2.24) is 14.6 Å². The van der Waals surface area contributed by atoms with Gasteiger partial charge in [-0.3, -0.25) is 14.7 Å². The number of benzene rings is 1. The molecule has 2 aliphatic rings. The van der Waals surface area contributed by atoms with E-state index < -0.39 is 49.8 Å². The van der Waals surface area contributed by atoms with E-state index in [1.165, 1.54) is 17.0 Å². The number of hydrogen-bond acceptors (Lipinski definition) is 7. The summed E-state index contributed by atoms with van der Waals surface area (Å²) in [6, 6.07) is 6.83. The number of aromatic nitrogens is 1. The van der Waals surface area contributed by atoms with Crippen LogP contribution < -0.4 is 10.0 Å². The van der Waals surface area contributed by atoms with E-state index in [4.69, 9.17) is 9.47 Å².